The number of nitrogens with one attached hydrogen (secondary N) is 2. The van der Waals surface area contributed by atoms with E-state index in [0.717, 1.165) is 31.5 Å². The van der Waals surface area contributed by atoms with E-state index >= 15 is 0 Å². The molecule has 0 atom stereocenters. The summed E-state index contributed by atoms with van der Waals surface area (Å²) in [5, 5.41) is 8.94. The monoisotopic (exact) mass is 650 g/mol. The molecule has 0 spiro atoms. The molecule has 2 N–H and O–H groups in total. The number of anilines is 3. The summed E-state index contributed by atoms with van der Waals surface area (Å²) in [4.78, 5) is 38.5. The van der Waals surface area contributed by atoms with Crippen LogP contribution < -0.4 is 15.5 Å². The highest BCUT2D eigenvalue weighted by molar-refractivity contribution is 7.13. The maximum absolute atomic E-state index is 13.7. The predicted molar refractivity (Wildman–Crippen MR) is 171 cm³/mol. The largest absolute Gasteiger partial charge is 0.378 e. The van der Waals surface area contributed by atoms with Gasteiger partial charge < -0.3 is 25.2 Å². The lowest BCUT2D eigenvalue weighted by Gasteiger charge is -2.35. The topological polar surface area (TPSA) is 90.0 Å². The first-order valence-corrected chi connectivity index (χ1v) is 15.8. The standard InChI is InChI=1S/C29H33Cl3N6O3S/c1-36-7-5-21(6-8-36)37(2)16-18-17-42-27(25(18)32)29(40)35-26-22(28(39)34-24-4-3-19(30)15-33-24)13-20(31)14-23(26)38-9-11-41-12-10-38/h3-4,13-15,17,21H,5-12,16H2,1-2H3,(H,35,40)(H,33,34,39). The number of likely N-dealkylation sites (tertiary alicyclic amines) is 1. The van der Waals surface area contributed by atoms with Crippen LogP contribution in [0.3, 0.4) is 0 Å². The number of morpholine rings is 1. The number of carbonyl (C=O) groups is 2. The average molecular weight is 652 g/mol. The molecular formula is C29H33Cl3N6O3S. The molecule has 0 bridgehead atoms. The highest BCUT2D eigenvalue weighted by Crippen LogP contribution is 2.37. The quantitative estimate of drug-likeness (QED) is 0.310. The fourth-order valence-electron chi connectivity index (χ4n) is 5.23. The molecule has 0 saturated carbocycles. The van der Waals surface area contributed by atoms with E-state index in [0.29, 0.717) is 76.0 Å². The normalized spacial score (nSPS) is 16.6. The van der Waals surface area contributed by atoms with Crippen molar-refractivity contribution in [2.75, 3.05) is 69.0 Å². The van der Waals surface area contributed by atoms with Crippen LogP contribution in [0.1, 0.15) is 38.4 Å². The minimum atomic E-state index is -0.477. The molecule has 9 nitrogen and oxygen atoms in total. The molecule has 0 radical (unpaired) electrons. The third kappa shape index (κ3) is 7.37. The van der Waals surface area contributed by atoms with E-state index in [4.69, 9.17) is 39.5 Å². The van der Waals surface area contributed by atoms with Crippen molar-refractivity contribution in [1.29, 1.82) is 0 Å². The predicted octanol–water partition coefficient (Wildman–Crippen LogP) is 5.97. The van der Waals surface area contributed by atoms with Gasteiger partial charge in [-0.3, -0.25) is 14.5 Å². The second-order valence-electron chi connectivity index (χ2n) is 10.6. The summed E-state index contributed by atoms with van der Waals surface area (Å²) in [5.74, 6) is -0.558. The summed E-state index contributed by atoms with van der Waals surface area (Å²) in [6, 6.07) is 6.98. The van der Waals surface area contributed by atoms with Crippen LogP contribution in [-0.4, -0.2) is 86.1 Å². The van der Waals surface area contributed by atoms with Gasteiger partial charge in [0.2, 0.25) is 0 Å². The Kier molecular flexibility index (Phi) is 10.3. The van der Waals surface area contributed by atoms with Crippen LogP contribution in [0.4, 0.5) is 17.2 Å². The van der Waals surface area contributed by atoms with E-state index in [1.165, 1.54) is 23.6 Å². The van der Waals surface area contributed by atoms with E-state index < -0.39 is 11.8 Å². The first-order valence-electron chi connectivity index (χ1n) is 13.7. The van der Waals surface area contributed by atoms with Gasteiger partial charge >= 0.3 is 0 Å². The Hall–Kier alpha value is -2.44. The lowest BCUT2D eigenvalue weighted by atomic mass is 10.0. The number of rotatable bonds is 8. The Labute approximate surface area is 264 Å². The molecule has 4 heterocycles. The third-order valence-corrected chi connectivity index (χ3v) is 9.64. The fraction of sp³-hybridized carbons (Fsp3) is 0.414. The van der Waals surface area contributed by atoms with E-state index in [2.05, 4.69) is 39.5 Å². The minimum Gasteiger partial charge on any atom is -0.378 e. The molecule has 2 aromatic heterocycles. The second kappa shape index (κ2) is 13.9. The highest BCUT2D eigenvalue weighted by Gasteiger charge is 2.27. The molecular weight excluding hydrogens is 619 g/mol. The Balaban J connectivity index is 1.41. The molecule has 3 aromatic rings. The summed E-state index contributed by atoms with van der Waals surface area (Å²) in [6.45, 7) is 4.97. The van der Waals surface area contributed by atoms with Gasteiger partial charge in [-0.05, 0) is 75.2 Å². The smallest absolute Gasteiger partial charge is 0.267 e. The first kappa shape index (κ1) is 31.0. The van der Waals surface area contributed by atoms with Gasteiger partial charge in [-0.15, -0.1) is 11.3 Å². The summed E-state index contributed by atoms with van der Waals surface area (Å²) < 4.78 is 5.52. The van der Waals surface area contributed by atoms with Gasteiger partial charge in [0.1, 0.15) is 10.7 Å². The summed E-state index contributed by atoms with van der Waals surface area (Å²) >= 11 is 20.5. The maximum Gasteiger partial charge on any atom is 0.267 e. The zero-order valence-corrected chi connectivity index (χ0v) is 26.5. The van der Waals surface area contributed by atoms with Gasteiger partial charge in [0, 0.05) is 36.9 Å². The van der Waals surface area contributed by atoms with Crippen LogP contribution in [0.2, 0.25) is 15.1 Å². The van der Waals surface area contributed by atoms with Crippen LogP contribution in [-0.2, 0) is 11.3 Å². The second-order valence-corrected chi connectivity index (χ2v) is 12.7. The van der Waals surface area contributed by atoms with Gasteiger partial charge in [0.25, 0.3) is 11.8 Å². The van der Waals surface area contributed by atoms with Crippen LogP contribution in [0.15, 0.2) is 35.8 Å². The number of amides is 2. The van der Waals surface area contributed by atoms with Crippen molar-refractivity contribution in [3.05, 3.63) is 66.9 Å². The van der Waals surface area contributed by atoms with Crippen molar-refractivity contribution in [1.82, 2.24) is 14.8 Å². The number of nitrogens with zero attached hydrogens (tertiary/aromatic N) is 4. The molecule has 2 fully saturated rings. The van der Waals surface area contributed by atoms with Gasteiger partial charge in [-0.1, -0.05) is 34.8 Å². The third-order valence-electron chi connectivity index (χ3n) is 7.62. The molecule has 13 heteroatoms. The van der Waals surface area contributed by atoms with E-state index in [9.17, 15) is 9.59 Å². The van der Waals surface area contributed by atoms with Gasteiger partial charge in [0.05, 0.1) is 40.2 Å². The maximum atomic E-state index is 13.7. The van der Waals surface area contributed by atoms with Crippen molar-refractivity contribution < 1.29 is 14.3 Å². The SMILES string of the molecule is CN1CCC(N(C)Cc2csc(C(=O)Nc3c(C(=O)Nc4ccc(Cl)cn4)cc(Cl)cc3N3CCOCC3)c2Cl)CC1. The Morgan fingerprint density at radius 3 is 2.48 bits per heavy atom. The first-order chi connectivity index (χ1) is 20.2. The number of halogens is 3. The van der Waals surface area contributed by atoms with Crippen molar-refractivity contribution in [2.24, 2.45) is 0 Å². The van der Waals surface area contributed by atoms with Gasteiger partial charge in [-0.2, -0.15) is 0 Å². The molecule has 0 aliphatic carbocycles. The van der Waals surface area contributed by atoms with Crippen LogP contribution in [0.5, 0.6) is 0 Å². The number of hydrogen-bond acceptors (Lipinski definition) is 8. The number of thiophene rings is 1. The molecule has 2 amide bonds. The summed E-state index contributed by atoms with van der Waals surface area (Å²) in [7, 11) is 4.25. The number of aromatic nitrogens is 1. The average Bonchev–Trinajstić information content (AvgIpc) is 3.35. The number of pyridine rings is 1. The fourth-order valence-corrected chi connectivity index (χ4v) is 6.80. The number of carbonyl (C=O) groups excluding carboxylic acids is 2. The number of ether oxygens (including phenoxy) is 1. The molecule has 2 aliphatic heterocycles. The molecule has 224 valence electrons. The molecule has 42 heavy (non-hydrogen) atoms. The van der Waals surface area contributed by atoms with E-state index in [1.54, 1.807) is 18.2 Å². The summed E-state index contributed by atoms with van der Waals surface area (Å²) in [6.07, 6.45) is 3.64. The van der Waals surface area contributed by atoms with Crippen LogP contribution >= 0.6 is 46.1 Å². The highest BCUT2D eigenvalue weighted by atomic mass is 35.5. The van der Waals surface area contributed by atoms with Crippen molar-refractivity contribution >= 4 is 75.1 Å². The van der Waals surface area contributed by atoms with Crippen LogP contribution in [0, 0.1) is 0 Å². The van der Waals surface area contributed by atoms with E-state index in [-0.39, 0.29) is 5.56 Å². The van der Waals surface area contributed by atoms with E-state index in [1.807, 2.05) is 10.3 Å². The van der Waals surface area contributed by atoms with Crippen molar-refractivity contribution in [2.45, 2.75) is 25.4 Å². The minimum absolute atomic E-state index is 0.198. The zero-order chi connectivity index (χ0) is 29.8. The molecule has 1 aromatic carbocycles. The number of benzene rings is 1. The Bertz CT molecular complexity index is 1420. The molecule has 2 aliphatic rings. The van der Waals surface area contributed by atoms with Gasteiger partial charge in [0.15, 0.2) is 0 Å². The lowest BCUT2D eigenvalue weighted by Crippen LogP contribution is -2.41. The van der Waals surface area contributed by atoms with Crippen molar-refractivity contribution in [3.8, 4) is 0 Å². The Morgan fingerprint density at radius 2 is 1.79 bits per heavy atom. The number of piperidine rings is 1. The lowest BCUT2D eigenvalue weighted by molar-refractivity contribution is 0.102. The van der Waals surface area contributed by atoms with Gasteiger partial charge in [-0.25, -0.2) is 4.98 Å². The summed E-state index contributed by atoms with van der Waals surface area (Å²) in [5.41, 5.74) is 2.07. The number of hydrogen-bond donors (Lipinski definition) is 2. The van der Waals surface area contributed by atoms with Crippen molar-refractivity contribution in [3.63, 3.8) is 0 Å². The molecule has 5 rings (SSSR count). The Morgan fingerprint density at radius 1 is 1.05 bits per heavy atom. The molecule has 2 saturated heterocycles. The van der Waals surface area contributed by atoms with Crippen LogP contribution in [0.25, 0.3) is 0 Å². The zero-order valence-electron chi connectivity index (χ0n) is 23.5. The molecule has 0 unspecified atom stereocenters.